The summed E-state index contributed by atoms with van der Waals surface area (Å²) in [6.45, 7) is 3.20. The highest BCUT2D eigenvalue weighted by Gasteiger charge is 2.32. The molecule has 0 aromatic heterocycles. The fraction of sp³-hybridized carbons (Fsp3) is 0.562. The van der Waals surface area contributed by atoms with Crippen LogP contribution in [-0.2, 0) is 25.3 Å². The zero-order valence-corrected chi connectivity index (χ0v) is 14.4. The van der Waals surface area contributed by atoms with Crippen LogP contribution in [-0.4, -0.2) is 75.5 Å². The van der Waals surface area contributed by atoms with E-state index in [1.807, 2.05) is 30.3 Å². The van der Waals surface area contributed by atoms with Gasteiger partial charge in [0.25, 0.3) is 0 Å². The number of amides is 1. The lowest BCUT2D eigenvalue weighted by atomic mass is 10.2. The topological polar surface area (TPSA) is 79.0 Å². The molecule has 2 fully saturated rings. The maximum absolute atomic E-state index is 12.5. The van der Waals surface area contributed by atoms with Crippen molar-refractivity contribution in [1.29, 1.82) is 0 Å². The van der Waals surface area contributed by atoms with Crippen LogP contribution in [0.3, 0.4) is 0 Å². The number of sulfonamides is 1. The predicted octanol–water partition coefficient (Wildman–Crippen LogP) is -0.351. The number of piperazine rings is 1. The minimum absolute atomic E-state index is 0.000191. The van der Waals surface area contributed by atoms with Crippen LogP contribution < -0.4 is 5.32 Å². The standard InChI is InChI=1S/C16H23N3O4S/c20-16(15-12-23-11-6-17-15)18-7-9-19(10-8-18)24(21,22)13-14-4-2-1-3-5-14/h1-5,15,17H,6-13H2. The van der Waals surface area contributed by atoms with Gasteiger partial charge < -0.3 is 15.0 Å². The van der Waals surface area contributed by atoms with Gasteiger partial charge >= 0.3 is 0 Å². The van der Waals surface area contributed by atoms with Crippen molar-refractivity contribution in [2.45, 2.75) is 11.8 Å². The Morgan fingerprint density at radius 1 is 1.17 bits per heavy atom. The van der Waals surface area contributed by atoms with Crippen LogP contribution in [0.4, 0.5) is 0 Å². The predicted molar refractivity (Wildman–Crippen MR) is 89.8 cm³/mol. The molecule has 2 aliphatic rings. The molecule has 1 N–H and O–H groups in total. The molecule has 1 unspecified atom stereocenters. The van der Waals surface area contributed by atoms with E-state index in [0.29, 0.717) is 45.9 Å². The molecule has 1 aromatic rings. The zero-order valence-electron chi connectivity index (χ0n) is 13.6. The first kappa shape index (κ1) is 17.3. The third kappa shape index (κ3) is 4.13. The number of carbonyl (C=O) groups excluding carboxylic acids is 1. The summed E-state index contributed by atoms with van der Waals surface area (Å²) in [5, 5.41) is 3.14. The molecule has 8 heteroatoms. The minimum Gasteiger partial charge on any atom is -0.378 e. The molecule has 24 heavy (non-hydrogen) atoms. The molecule has 0 aliphatic carbocycles. The van der Waals surface area contributed by atoms with Gasteiger partial charge in [-0.1, -0.05) is 30.3 Å². The number of rotatable bonds is 4. The van der Waals surface area contributed by atoms with E-state index < -0.39 is 10.0 Å². The smallest absolute Gasteiger partial charge is 0.242 e. The van der Waals surface area contributed by atoms with Crippen molar-refractivity contribution in [1.82, 2.24) is 14.5 Å². The van der Waals surface area contributed by atoms with E-state index in [9.17, 15) is 13.2 Å². The molecule has 1 atom stereocenters. The van der Waals surface area contributed by atoms with Crippen molar-refractivity contribution >= 4 is 15.9 Å². The van der Waals surface area contributed by atoms with Crippen LogP contribution in [0.2, 0.25) is 0 Å². The van der Waals surface area contributed by atoms with Gasteiger partial charge in [-0.15, -0.1) is 0 Å². The summed E-state index contributed by atoms with van der Waals surface area (Å²) in [6, 6.07) is 8.84. The summed E-state index contributed by atoms with van der Waals surface area (Å²) >= 11 is 0. The first-order chi connectivity index (χ1) is 11.6. The first-order valence-electron chi connectivity index (χ1n) is 8.18. The Morgan fingerprint density at radius 3 is 2.50 bits per heavy atom. The van der Waals surface area contributed by atoms with E-state index in [-0.39, 0.29) is 17.7 Å². The van der Waals surface area contributed by atoms with Crippen LogP contribution in [0.1, 0.15) is 5.56 Å². The number of nitrogens with zero attached hydrogens (tertiary/aromatic N) is 2. The molecule has 3 rings (SSSR count). The summed E-state index contributed by atoms with van der Waals surface area (Å²) in [6.07, 6.45) is 0. The van der Waals surface area contributed by atoms with Gasteiger partial charge in [0, 0.05) is 32.7 Å². The third-order valence-electron chi connectivity index (χ3n) is 4.36. The molecular formula is C16H23N3O4S. The molecule has 1 amide bonds. The van der Waals surface area contributed by atoms with Gasteiger partial charge in [-0.3, -0.25) is 4.79 Å². The van der Waals surface area contributed by atoms with Gasteiger partial charge in [0.15, 0.2) is 0 Å². The molecule has 2 heterocycles. The number of ether oxygens (including phenoxy) is 1. The van der Waals surface area contributed by atoms with Gasteiger partial charge in [0.05, 0.1) is 19.0 Å². The molecule has 7 nitrogen and oxygen atoms in total. The van der Waals surface area contributed by atoms with Crippen LogP contribution in [0.25, 0.3) is 0 Å². The van der Waals surface area contributed by atoms with E-state index >= 15 is 0 Å². The van der Waals surface area contributed by atoms with Gasteiger partial charge in [0.2, 0.25) is 15.9 Å². The maximum Gasteiger partial charge on any atom is 0.242 e. The summed E-state index contributed by atoms with van der Waals surface area (Å²) < 4.78 is 31.8. The second kappa shape index (κ2) is 7.60. The second-order valence-electron chi connectivity index (χ2n) is 6.05. The largest absolute Gasteiger partial charge is 0.378 e. The number of hydrogen-bond acceptors (Lipinski definition) is 5. The third-order valence-corrected chi connectivity index (χ3v) is 6.21. The lowest BCUT2D eigenvalue weighted by Crippen LogP contribution is -2.57. The van der Waals surface area contributed by atoms with Crippen LogP contribution in [0.15, 0.2) is 30.3 Å². The van der Waals surface area contributed by atoms with E-state index in [2.05, 4.69) is 5.32 Å². The summed E-state index contributed by atoms with van der Waals surface area (Å²) in [5.41, 5.74) is 0.777. The van der Waals surface area contributed by atoms with Crippen molar-refractivity contribution in [2.75, 3.05) is 45.9 Å². The summed E-state index contributed by atoms with van der Waals surface area (Å²) in [4.78, 5) is 14.1. The molecule has 1 aromatic carbocycles. The molecule has 2 aliphatic heterocycles. The van der Waals surface area contributed by atoms with Crippen molar-refractivity contribution < 1.29 is 17.9 Å². The zero-order chi connectivity index (χ0) is 17.0. The highest BCUT2D eigenvalue weighted by Crippen LogP contribution is 2.14. The molecule has 0 bridgehead atoms. The van der Waals surface area contributed by atoms with Gasteiger partial charge in [0.1, 0.15) is 6.04 Å². The quantitative estimate of drug-likeness (QED) is 0.800. The molecule has 0 spiro atoms. The average molecular weight is 353 g/mol. The van der Waals surface area contributed by atoms with Gasteiger partial charge in [-0.25, -0.2) is 8.42 Å². The molecule has 132 valence electrons. The Hall–Kier alpha value is -1.48. The van der Waals surface area contributed by atoms with E-state index in [4.69, 9.17) is 4.74 Å². The molecule has 0 radical (unpaired) electrons. The normalized spacial score (nSPS) is 23.2. The Kier molecular flexibility index (Phi) is 5.50. The minimum atomic E-state index is -3.36. The lowest BCUT2D eigenvalue weighted by molar-refractivity contribution is -0.137. The molecule has 0 saturated carbocycles. The number of morpholine rings is 1. The lowest BCUT2D eigenvalue weighted by Gasteiger charge is -2.36. The number of benzene rings is 1. The Labute approximate surface area is 142 Å². The number of nitrogens with one attached hydrogen (secondary N) is 1. The van der Waals surface area contributed by atoms with E-state index in [1.165, 1.54) is 4.31 Å². The van der Waals surface area contributed by atoms with Crippen LogP contribution in [0.5, 0.6) is 0 Å². The van der Waals surface area contributed by atoms with Crippen molar-refractivity contribution in [3.05, 3.63) is 35.9 Å². The van der Waals surface area contributed by atoms with Gasteiger partial charge in [-0.2, -0.15) is 4.31 Å². The summed E-state index contributed by atoms with van der Waals surface area (Å²) in [5.74, 6) is -0.00500. The van der Waals surface area contributed by atoms with E-state index in [0.717, 1.165) is 5.56 Å². The highest BCUT2D eigenvalue weighted by atomic mass is 32.2. The highest BCUT2D eigenvalue weighted by molar-refractivity contribution is 7.88. The van der Waals surface area contributed by atoms with Crippen molar-refractivity contribution in [2.24, 2.45) is 0 Å². The number of hydrogen-bond donors (Lipinski definition) is 1. The molecule has 2 saturated heterocycles. The van der Waals surface area contributed by atoms with Crippen LogP contribution >= 0.6 is 0 Å². The second-order valence-corrected chi connectivity index (χ2v) is 8.02. The SMILES string of the molecule is O=C(C1COCCN1)N1CCN(S(=O)(=O)Cc2ccccc2)CC1. The first-order valence-corrected chi connectivity index (χ1v) is 9.79. The van der Waals surface area contributed by atoms with Gasteiger partial charge in [-0.05, 0) is 5.56 Å². The summed E-state index contributed by atoms with van der Waals surface area (Å²) in [7, 11) is -3.36. The van der Waals surface area contributed by atoms with Crippen molar-refractivity contribution in [3.8, 4) is 0 Å². The average Bonchev–Trinajstić information content (AvgIpc) is 2.62. The Bertz CT molecular complexity index is 651. The Balaban J connectivity index is 1.55. The van der Waals surface area contributed by atoms with Crippen LogP contribution in [0, 0.1) is 0 Å². The fourth-order valence-electron chi connectivity index (χ4n) is 3.01. The van der Waals surface area contributed by atoms with E-state index in [1.54, 1.807) is 4.90 Å². The fourth-order valence-corrected chi connectivity index (χ4v) is 4.52. The monoisotopic (exact) mass is 353 g/mol. The number of carbonyl (C=O) groups is 1. The molecular weight excluding hydrogens is 330 g/mol. The Morgan fingerprint density at radius 2 is 1.88 bits per heavy atom. The maximum atomic E-state index is 12.5. The van der Waals surface area contributed by atoms with Crippen molar-refractivity contribution in [3.63, 3.8) is 0 Å².